The van der Waals surface area contributed by atoms with Crippen molar-refractivity contribution in [2.45, 2.75) is 0 Å². The Morgan fingerprint density at radius 2 is 1.79 bits per heavy atom. The molecule has 3 rings (SSSR count). The summed E-state index contributed by atoms with van der Waals surface area (Å²) >= 11 is 24.1. The molecule has 2 aromatic heterocycles. The van der Waals surface area contributed by atoms with Crippen LogP contribution in [0.5, 0.6) is 0 Å². The van der Waals surface area contributed by atoms with Gasteiger partial charge in [-0.25, -0.2) is 9.97 Å². The third-order valence-corrected chi connectivity index (χ3v) is 3.61. The summed E-state index contributed by atoms with van der Waals surface area (Å²) in [6.07, 6.45) is 1.58. The van der Waals surface area contributed by atoms with Crippen molar-refractivity contribution in [2.75, 3.05) is 0 Å². The molecular formula is C12H5Cl4N3. The zero-order valence-electron chi connectivity index (χ0n) is 9.24. The van der Waals surface area contributed by atoms with Crippen LogP contribution in [0.2, 0.25) is 20.4 Å². The zero-order valence-corrected chi connectivity index (χ0v) is 12.3. The summed E-state index contributed by atoms with van der Waals surface area (Å²) in [6, 6.07) is 6.72. The van der Waals surface area contributed by atoms with Gasteiger partial charge in [0.15, 0.2) is 5.65 Å². The molecule has 0 atom stereocenters. The molecule has 0 radical (unpaired) electrons. The Bertz CT molecular complexity index is 782. The van der Waals surface area contributed by atoms with E-state index in [1.54, 1.807) is 34.9 Å². The van der Waals surface area contributed by atoms with Gasteiger partial charge in [-0.3, -0.25) is 4.40 Å². The van der Waals surface area contributed by atoms with Crippen molar-refractivity contribution in [1.82, 2.24) is 14.4 Å². The maximum Gasteiger partial charge on any atom is 0.159 e. The van der Waals surface area contributed by atoms with Crippen molar-refractivity contribution in [1.29, 1.82) is 0 Å². The van der Waals surface area contributed by atoms with E-state index >= 15 is 0 Å². The van der Waals surface area contributed by atoms with Crippen molar-refractivity contribution < 1.29 is 0 Å². The van der Waals surface area contributed by atoms with Crippen LogP contribution in [0.1, 0.15) is 0 Å². The molecular weight excluding hydrogens is 328 g/mol. The summed E-state index contributed by atoms with van der Waals surface area (Å²) in [6.45, 7) is 0. The SMILES string of the molecule is Clc1ccc(-c2ncc3nc(Cl)cc(Cl)n23)c(Cl)c1. The van der Waals surface area contributed by atoms with Crippen LogP contribution in [0.3, 0.4) is 0 Å². The van der Waals surface area contributed by atoms with Crippen molar-refractivity contribution in [3.05, 3.63) is 50.8 Å². The van der Waals surface area contributed by atoms with Crippen molar-refractivity contribution in [3.8, 4) is 11.4 Å². The molecule has 19 heavy (non-hydrogen) atoms. The van der Waals surface area contributed by atoms with Gasteiger partial charge in [0.2, 0.25) is 0 Å². The monoisotopic (exact) mass is 331 g/mol. The number of rotatable bonds is 1. The number of imidazole rings is 1. The van der Waals surface area contributed by atoms with Crippen LogP contribution >= 0.6 is 46.4 Å². The summed E-state index contributed by atoms with van der Waals surface area (Å²) in [5, 5.41) is 1.77. The molecule has 96 valence electrons. The first kappa shape index (κ1) is 13.0. The molecule has 0 fully saturated rings. The molecule has 0 aliphatic carbocycles. The topological polar surface area (TPSA) is 30.2 Å². The van der Waals surface area contributed by atoms with Gasteiger partial charge >= 0.3 is 0 Å². The van der Waals surface area contributed by atoms with Crippen LogP contribution < -0.4 is 0 Å². The fraction of sp³-hybridized carbons (Fsp3) is 0. The Balaban J connectivity index is 2.31. The first-order chi connectivity index (χ1) is 9.06. The third-order valence-electron chi connectivity index (χ3n) is 2.59. The smallest absolute Gasteiger partial charge is 0.159 e. The van der Waals surface area contributed by atoms with E-state index in [2.05, 4.69) is 9.97 Å². The van der Waals surface area contributed by atoms with Crippen LogP contribution in [0.25, 0.3) is 17.0 Å². The lowest BCUT2D eigenvalue weighted by molar-refractivity contribution is 1.12. The molecule has 0 amide bonds. The first-order valence-electron chi connectivity index (χ1n) is 5.21. The van der Waals surface area contributed by atoms with Crippen molar-refractivity contribution in [2.24, 2.45) is 0 Å². The Morgan fingerprint density at radius 1 is 1.00 bits per heavy atom. The highest BCUT2D eigenvalue weighted by Crippen LogP contribution is 2.31. The van der Waals surface area contributed by atoms with Crippen molar-refractivity contribution in [3.63, 3.8) is 0 Å². The molecule has 0 aliphatic heterocycles. The van der Waals surface area contributed by atoms with E-state index in [0.717, 1.165) is 5.56 Å². The third kappa shape index (κ3) is 2.28. The average molecular weight is 333 g/mol. The predicted octanol–water partition coefficient (Wildman–Crippen LogP) is 5.01. The Hall–Kier alpha value is -1.000. The van der Waals surface area contributed by atoms with E-state index in [9.17, 15) is 0 Å². The van der Waals surface area contributed by atoms with E-state index in [4.69, 9.17) is 46.4 Å². The molecule has 7 heteroatoms. The fourth-order valence-electron chi connectivity index (χ4n) is 1.80. The van der Waals surface area contributed by atoms with Gasteiger partial charge in [0.25, 0.3) is 0 Å². The van der Waals surface area contributed by atoms with Gasteiger partial charge in [-0.2, -0.15) is 0 Å². The molecule has 1 aromatic carbocycles. The number of hydrogen-bond donors (Lipinski definition) is 0. The quantitative estimate of drug-likeness (QED) is 0.586. The summed E-state index contributed by atoms with van der Waals surface area (Å²) in [4.78, 5) is 8.43. The number of fused-ring (bicyclic) bond motifs is 1. The maximum atomic E-state index is 6.18. The molecule has 0 bridgehead atoms. The van der Waals surface area contributed by atoms with E-state index in [0.29, 0.717) is 31.8 Å². The van der Waals surface area contributed by atoms with Crippen molar-refractivity contribution >= 4 is 52.1 Å². The Labute approximate surface area is 128 Å². The van der Waals surface area contributed by atoms with Gasteiger partial charge in [-0.15, -0.1) is 0 Å². The summed E-state index contributed by atoms with van der Waals surface area (Å²) < 4.78 is 1.67. The maximum absolute atomic E-state index is 6.18. The van der Waals surface area contributed by atoms with Crippen LogP contribution in [0.4, 0.5) is 0 Å². The number of nitrogens with zero attached hydrogens (tertiary/aromatic N) is 3. The lowest BCUT2D eigenvalue weighted by Gasteiger charge is -2.06. The summed E-state index contributed by atoms with van der Waals surface area (Å²) in [5.74, 6) is 0.589. The van der Waals surface area contributed by atoms with E-state index < -0.39 is 0 Å². The molecule has 0 aliphatic rings. The molecule has 0 saturated carbocycles. The highest BCUT2D eigenvalue weighted by molar-refractivity contribution is 6.36. The second-order valence-corrected chi connectivity index (χ2v) is 5.42. The molecule has 0 spiro atoms. The van der Waals surface area contributed by atoms with Gasteiger partial charge in [-0.05, 0) is 18.2 Å². The summed E-state index contributed by atoms with van der Waals surface area (Å²) in [7, 11) is 0. The molecule has 3 aromatic rings. The van der Waals surface area contributed by atoms with Gasteiger partial charge < -0.3 is 0 Å². The minimum absolute atomic E-state index is 0.311. The zero-order chi connectivity index (χ0) is 13.6. The second kappa shape index (κ2) is 4.84. The normalized spacial score (nSPS) is 11.2. The van der Waals surface area contributed by atoms with Crippen LogP contribution in [-0.4, -0.2) is 14.4 Å². The number of aromatic nitrogens is 3. The lowest BCUT2D eigenvalue weighted by atomic mass is 10.2. The minimum atomic E-state index is 0.311. The van der Waals surface area contributed by atoms with E-state index in [1.165, 1.54) is 0 Å². The molecule has 3 nitrogen and oxygen atoms in total. The first-order valence-corrected chi connectivity index (χ1v) is 6.72. The number of benzene rings is 1. The van der Waals surface area contributed by atoms with Crippen LogP contribution in [0.15, 0.2) is 30.5 Å². The Morgan fingerprint density at radius 3 is 2.53 bits per heavy atom. The largest absolute Gasteiger partial charge is 0.266 e. The van der Waals surface area contributed by atoms with E-state index in [-0.39, 0.29) is 0 Å². The highest BCUT2D eigenvalue weighted by atomic mass is 35.5. The molecule has 0 unspecified atom stereocenters. The summed E-state index contributed by atoms with van der Waals surface area (Å²) in [5.41, 5.74) is 1.27. The molecule has 0 N–H and O–H groups in total. The lowest BCUT2D eigenvalue weighted by Crippen LogP contribution is -1.94. The number of halogens is 4. The van der Waals surface area contributed by atoms with Gasteiger partial charge in [0.05, 0.1) is 11.2 Å². The fourth-order valence-corrected chi connectivity index (χ4v) is 2.81. The van der Waals surface area contributed by atoms with Crippen LogP contribution in [-0.2, 0) is 0 Å². The standard InChI is InChI=1S/C12H5Cl4N3/c13-6-1-2-7(8(14)3-6)12-17-5-11-18-9(15)4-10(16)19(11)12/h1-5H. The van der Waals surface area contributed by atoms with Crippen LogP contribution in [0, 0.1) is 0 Å². The number of hydrogen-bond acceptors (Lipinski definition) is 2. The Kier molecular flexibility index (Phi) is 3.31. The molecule has 0 saturated heterocycles. The second-order valence-electron chi connectivity index (χ2n) is 3.80. The minimum Gasteiger partial charge on any atom is -0.266 e. The average Bonchev–Trinajstić information content (AvgIpc) is 2.72. The highest BCUT2D eigenvalue weighted by Gasteiger charge is 2.14. The van der Waals surface area contributed by atoms with Gasteiger partial charge in [0.1, 0.15) is 16.1 Å². The van der Waals surface area contributed by atoms with Gasteiger partial charge in [0, 0.05) is 16.7 Å². The van der Waals surface area contributed by atoms with E-state index in [1.807, 2.05) is 0 Å². The molecule has 2 heterocycles. The predicted molar refractivity (Wildman–Crippen MR) is 78.5 cm³/mol. The van der Waals surface area contributed by atoms with Gasteiger partial charge in [-0.1, -0.05) is 46.4 Å².